The van der Waals surface area contributed by atoms with Crippen LogP contribution in [0.25, 0.3) is 0 Å². The molecule has 5 heteroatoms. The summed E-state index contributed by atoms with van der Waals surface area (Å²) >= 11 is 0. The zero-order valence-corrected chi connectivity index (χ0v) is 14.1. The Morgan fingerprint density at radius 1 is 0.840 bits per heavy atom. The Hall–Kier alpha value is -2.69. The molecule has 128 valence electrons. The van der Waals surface area contributed by atoms with Crippen molar-refractivity contribution in [2.24, 2.45) is 11.8 Å². The van der Waals surface area contributed by atoms with E-state index in [1.165, 1.54) is 0 Å². The number of ketones is 1. The Kier molecular flexibility index (Phi) is 3.02. The van der Waals surface area contributed by atoms with E-state index in [2.05, 4.69) is 13.0 Å². The van der Waals surface area contributed by atoms with Gasteiger partial charge in [-0.3, -0.25) is 4.79 Å². The molecule has 0 spiro atoms. The first kappa shape index (κ1) is 14.6. The van der Waals surface area contributed by atoms with Crippen molar-refractivity contribution in [3.63, 3.8) is 0 Å². The largest absolute Gasteiger partial charge is 0.454 e. The molecule has 5 nitrogen and oxygen atoms in total. The molecule has 1 aliphatic carbocycles. The second kappa shape index (κ2) is 5.15. The molecule has 0 fully saturated rings. The van der Waals surface area contributed by atoms with E-state index in [0.717, 1.165) is 28.2 Å². The van der Waals surface area contributed by atoms with E-state index in [4.69, 9.17) is 18.9 Å². The van der Waals surface area contributed by atoms with Crippen LogP contribution in [-0.2, 0) is 0 Å². The molecule has 2 aromatic carbocycles. The first-order valence-corrected chi connectivity index (χ1v) is 8.51. The van der Waals surface area contributed by atoms with Crippen LogP contribution >= 0.6 is 0 Å². The van der Waals surface area contributed by atoms with Crippen molar-refractivity contribution < 1.29 is 23.7 Å². The van der Waals surface area contributed by atoms with Crippen LogP contribution in [0.5, 0.6) is 23.0 Å². The Labute approximate surface area is 145 Å². The fourth-order valence-corrected chi connectivity index (χ4v) is 4.07. The minimum absolute atomic E-state index is 0.0664. The fraction of sp³-hybridized carbons (Fsp3) is 0.350. The van der Waals surface area contributed by atoms with Gasteiger partial charge in [0.1, 0.15) is 0 Å². The van der Waals surface area contributed by atoms with Gasteiger partial charge in [0.05, 0.1) is 0 Å². The van der Waals surface area contributed by atoms with E-state index >= 15 is 0 Å². The van der Waals surface area contributed by atoms with Crippen LogP contribution in [-0.4, -0.2) is 19.4 Å². The van der Waals surface area contributed by atoms with Crippen LogP contribution in [0, 0.1) is 11.8 Å². The summed E-state index contributed by atoms with van der Waals surface area (Å²) in [6.45, 7) is 4.58. The van der Waals surface area contributed by atoms with Crippen molar-refractivity contribution in [1.29, 1.82) is 0 Å². The van der Waals surface area contributed by atoms with Gasteiger partial charge in [0.15, 0.2) is 28.8 Å². The second-order valence-corrected chi connectivity index (χ2v) is 6.90. The zero-order valence-electron chi connectivity index (χ0n) is 14.1. The lowest BCUT2D eigenvalue weighted by Gasteiger charge is -2.35. The summed E-state index contributed by atoms with van der Waals surface area (Å²) in [4.78, 5) is 12.8. The molecule has 3 unspecified atom stereocenters. The molecule has 0 saturated carbocycles. The molecule has 2 aromatic rings. The number of hydrogen-bond acceptors (Lipinski definition) is 5. The molecule has 3 atom stereocenters. The van der Waals surface area contributed by atoms with Crippen molar-refractivity contribution in [3.8, 4) is 23.0 Å². The number of carbonyl (C=O) groups excluding carboxylic acids is 1. The standard InChI is InChI=1S/C20H18O5/c1-10-11(2)20(21)14-7-18-17(24-9-25-18)6-13(14)19(10)12-3-4-15-16(5-12)23-8-22-15/h3-7,10-11,19H,8-9H2,1-2H3. The Morgan fingerprint density at radius 3 is 2.24 bits per heavy atom. The summed E-state index contributed by atoms with van der Waals surface area (Å²) in [6, 6.07) is 9.83. The molecule has 2 aliphatic heterocycles. The van der Waals surface area contributed by atoms with Gasteiger partial charge in [0.2, 0.25) is 13.6 Å². The van der Waals surface area contributed by atoms with E-state index in [0.29, 0.717) is 11.5 Å². The molecule has 0 aromatic heterocycles. The number of fused-ring (bicyclic) bond motifs is 3. The average Bonchev–Trinajstić information content (AvgIpc) is 3.26. The molecule has 0 saturated heterocycles. The molecule has 3 aliphatic rings. The van der Waals surface area contributed by atoms with Crippen LogP contribution in [0.3, 0.4) is 0 Å². The monoisotopic (exact) mass is 338 g/mol. The van der Waals surface area contributed by atoms with E-state index in [1.807, 2.05) is 31.2 Å². The Balaban J connectivity index is 1.69. The summed E-state index contributed by atoms with van der Waals surface area (Å²) in [5.41, 5.74) is 2.85. The number of carbonyl (C=O) groups is 1. The summed E-state index contributed by atoms with van der Waals surface area (Å²) in [7, 11) is 0. The summed E-state index contributed by atoms with van der Waals surface area (Å²) in [5.74, 6) is 3.24. The molecule has 0 radical (unpaired) electrons. The van der Waals surface area contributed by atoms with Crippen molar-refractivity contribution in [3.05, 3.63) is 47.0 Å². The van der Waals surface area contributed by atoms with Crippen LogP contribution in [0.4, 0.5) is 0 Å². The average molecular weight is 338 g/mol. The van der Waals surface area contributed by atoms with E-state index in [1.54, 1.807) is 0 Å². The smallest absolute Gasteiger partial charge is 0.231 e. The van der Waals surface area contributed by atoms with Crippen LogP contribution in [0.2, 0.25) is 0 Å². The number of hydrogen-bond donors (Lipinski definition) is 0. The molecule has 2 heterocycles. The molecule has 0 amide bonds. The maximum Gasteiger partial charge on any atom is 0.231 e. The van der Waals surface area contributed by atoms with E-state index in [9.17, 15) is 4.79 Å². The number of rotatable bonds is 1. The highest BCUT2D eigenvalue weighted by atomic mass is 16.7. The Morgan fingerprint density at radius 2 is 1.48 bits per heavy atom. The first-order chi connectivity index (χ1) is 12.1. The van der Waals surface area contributed by atoms with Gasteiger partial charge in [-0.05, 0) is 41.3 Å². The van der Waals surface area contributed by atoms with Gasteiger partial charge < -0.3 is 18.9 Å². The van der Waals surface area contributed by atoms with Crippen LogP contribution < -0.4 is 18.9 Å². The lowest BCUT2D eigenvalue weighted by Crippen LogP contribution is -2.32. The molecular weight excluding hydrogens is 320 g/mol. The highest BCUT2D eigenvalue weighted by Gasteiger charge is 2.40. The van der Waals surface area contributed by atoms with Gasteiger partial charge in [-0.2, -0.15) is 0 Å². The minimum atomic E-state index is -0.0664. The quantitative estimate of drug-likeness (QED) is 0.793. The molecule has 5 rings (SSSR count). The molecule has 0 bridgehead atoms. The number of benzene rings is 2. The highest BCUT2D eigenvalue weighted by Crippen LogP contribution is 2.49. The summed E-state index contributed by atoms with van der Waals surface area (Å²) in [5, 5.41) is 0. The third kappa shape index (κ3) is 2.05. The van der Waals surface area contributed by atoms with Crippen molar-refractivity contribution in [1.82, 2.24) is 0 Å². The zero-order chi connectivity index (χ0) is 17.1. The Bertz CT molecular complexity index is 888. The number of ether oxygens (including phenoxy) is 4. The van der Waals surface area contributed by atoms with Gasteiger partial charge in [-0.1, -0.05) is 19.9 Å². The predicted octanol–water partition coefficient (Wildman–Crippen LogP) is 3.74. The summed E-state index contributed by atoms with van der Waals surface area (Å²) in [6.07, 6.45) is 0. The third-order valence-electron chi connectivity index (χ3n) is 5.63. The minimum Gasteiger partial charge on any atom is -0.454 e. The van der Waals surface area contributed by atoms with Crippen LogP contribution in [0.15, 0.2) is 30.3 Å². The summed E-state index contributed by atoms with van der Waals surface area (Å²) < 4.78 is 22.0. The normalized spacial score (nSPS) is 25.8. The van der Waals surface area contributed by atoms with Crippen molar-refractivity contribution >= 4 is 5.78 Å². The third-order valence-corrected chi connectivity index (χ3v) is 5.63. The van der Waals surface area contributed by atoms with Gasteiger partial charge in [0, 0.05) is 17.4 Å². The predicted molar refractivity (Wildman–Crippen MR) is 89.6 cm³/mol. The SMILES string of the molecule is CC1C(=O)c2cc3c(cc2C(c2ccc4c(c2)OCO4)C1C)OCO3. The molecular formula is C20H18O5. The van der Waals surface area contributed by atoms with Crippen molar-refractivity contribution in [2.75, 3.05) is 13.6 Å². The first-order valence-electron chi connectivity index (χ1n) is 8.51. The fourth-order valence-electron chi connectivity index (χ4n) is 4.07. The van der Waals surface area contributed by atoms with Gasteiger partial charge >= 0.3 is 0 Å². The van der Waals surface area contributed by atoms with Crippen LogP contribution in [0.1, 0.15) is 41.3 Å². The van der Waals surface area contributed by atoms with E-state index < -0.39 is 0 Å². The van der Waals surface area contributed by atoms with E-state index in [-0.39, 0.29) is 37.1 Å². The van der Waals surface area contributed by atoms with Gasteiger partial charge in [-0.25, -0.2) is 0 Å². The lowest BCUT2D eigenvalue weighted by molar-refractivity contribution is 0.0866. The number of Topliss-reactive ketones (excluding diaryl/α,β-unsaturated/α-hetero) is 1. The highest BCUT2D eigenvalue weighted by molar-refractivity contribution is 6.01. The lowest BCUT2D eigenvalue weighted by atomic mass is 9.67. The van der Waals surface area contributed by atoms with Crippen molar-refractivity contribution in [2.45, 2.75) is 19.8 Å². The maximum absolute atomic E-state index is 12.8. The topological polar surface area (TPSA) is 54.0 Å². The van der Waals surface area contributed by atoms with Gasteiger partial charge in [-0.15, -0.1) is 0 Å². The maximum atomic E-state index is 12.8. The molecule has 0 N–H and O–H groups in total. The second-order valence-electron chi connectivity index (χ2n) is 6.90. The molecule has 25 heavy (non-hydrogen) atoms. The van der Waals surface area contributed by atoms with Gasteiger partial charge in [0.25, 0.3) is 0 Å².